The van der Waals surface area contributed by atoms with Gasteiger partial charge < -0.3 is 11.5 Å². The number of hydrogen-bond donors (Lipinski definition) is 4. The van der Waals surface area contributed by atoms with Crippen LogP contribution in [0.2, 0.25) is 0 Å². The molecule has 0 spiro atoms. The first-order chi connectivity index (χ1) is 7.59. The van der Waals surface area contributed by atoms with Gasteiger partial charge in [0.15, 0.2) is 5.69 Å². The van der Waals surface area contributed by atoms with Crippen LogP contribution >= 0.6 is 0 Å². The Morgan fingerprint density at radius 2 is 2.00 bits per heavy atom. The fourth-order valence-electron chi connectivity index (χ4n) is 2.14. The van der Waals surface area contributed by atoms with Crippen LogP contribution in [0.5, 0.6) is 0 Å². The Morgan fingerprint density at radius 3 is 2.69 bits per heavy atom. The van der Waals surface area contributed by atoms with Crippen molar-refractivity contribution in [2.45, 2.75) is 19.4 Å². The highest BCUT2D eigenvalue weighted by Gasteiger charge is 2.32. The molecule has 1 aliphatic rings. The van der Waals surface area contributed by atoms with Gasteiger partial charge in [0, 0.05) is 12.0 Å². The lowest BCUT2D eigenvalue weighted by Crippen LogP contribution is -2.86. The van der Waals surface area contributed by atoms with Crippen LogP contribution in [0.3, 0.4) is 0 Å². The van der Waals surface area contributed by atoms with E-state index in [2.05, 4.69) is 18.0 Å². The summed E-state index contributed by atoms with van der Waals surface area (Å²) >= 11 is 0. The molecule has 84 valence electrons. The van der Waals surface area contributed by atoms with E-state index in [1.165, 1.54) is 5.56 Å². The Kier molecular flexibility index (Phi) is 2.52. The minimum absolute atomic E-state index is 0.106. The first-order valence-electron chi connectivity index (χ1n) is 5.24. The van der Waals surface area contributed by atoms with E-state index >= 15 is 0 Å². The van der Waals surface area contributed by atoms with Gasteiger partial charge in [-0.15, -0.1) is 9.57 Å². The SMILES string of the molecule is C[C@@H]1Cc2ccccc2[N+]1=C(N)[NH+]=C(N)N. The predicted molar refractivity (Wildman–Crippen MR) is 63.1 cm³/mol. The Hall–Kier alpha value is -2.04. The highest BCUT2D eigenvalue weighted by molar-refractivity contribution is 5.76. The molecule has 0 aliphatic carbocycles. The zero-order valence-corrected chi connectivity index (χ0v) is 9.27. The van der Waals surface area contributed by atoms with Gasteiger partial charge in [-0.05, 0) is 13.0 Å². The number of hydrogen-bond acceptors (Lipinski definition) is 0. The second-order valence-corrected chi connectivity index (χ2v) is 4.02. The van der Waals surface area contributed by atoms with Crippen LogP contribution in [0.4, 0.5) is 5.69 Å². The molecular weight excluding hydrogens is 202 g/mol. The van der Waals surface area contributed by atoms with E-state index in [1.54, 1.807) is 0 Å². The maximum atomic E-state index is 5.94. The topological polar surface area (TPSA) is 95.0 Å². The summed E-state index contributed by atoms with van der Waals surface area (Å²) in [5, 5.41) is 0. The first-order valence-corrected chi connectivity index (χ1v) is 5.24. The van der Waals surface area contributed by atoms with Gasteiger partial charge in [-0.25, -0.2) is 5.73 Å². The van der Waals surface area contributed by atoms with Crippen molar-refractivity contribution in [1.29, 1.82) is 0 Å². The van der Waals surface area contributed by atoms with E-state index in [4.69, 9.17) is 17.2 Å². The fourth-order valence-corrected chi connectivity index (χ4v) is 2.14. The molecule has 2 rings (SSSR count). The minimum atomic E-state index is 0.106. The third-order valence-corrected chi connectivity index (χ3v) is 2.74. The molecule has 0 fully saturated rings. The van der Waals surface area contributed by atoms with Crippen molar-refractivity contribution in [3.8, 4) is 0 Å². The molecule has 0 saturated carbocycles. The Labute approximate surface area is 94.3 Å². The van der Waals surface area contributed by atoms with Gasteiger partial charge in [-0.1, -0.05) is 18.2 Å². The van der Waals surface area contributed by atoms with E-state index in [1.807, 2.05) is 22.8 Å². The van der Waals surface area contributed by atoms with Crippen LogP contribution in [0, 0.1) is 0 Å². The molecule has 16 heavy (non-hydrogen) atoms. The summed E-state index contributed by atoms with van der Waals surface area (Å²) < 4.78 is 2.01. The molecule has 0 amide bonds. The Morgan fingerprint density at radius 1 is 1.31 bits per heavy atom. The summed E-state index contributed by atoms with van der Waals surface area (Å²) in [4.78, 5) is 2.75. The number of nitrogens with one attached hydrogen (secondary N) is 1. The summed E-state index contributed by atoms with van der Waals surface area (Å²) in [6, 6.07) is 8.48. The Balaban J connectivity index is 2.54. The molecule has 1 aliphatic heterocycles. The minimum Gasteiger partial charge on any atom is -0.345 e. The molecule has 0 aromatic heterocycles. The van der Waals surface area contributed by atoms with Crippen molar-refractivity contribution in [3.63, 3.8) is 0 Å². The molecule has 0 radical (unpaired) electrons. The summed E-state index contributed by atoms with van der Waals surface area (Å²) in [6.07, 6.45) is 0.975. The molecule has 1 aromatic carbocycles. The number of para-hydroxylation sites is 1. The van der Waals surface area contributed by atoms with Gasteiger partial charge in [-0.3, -0.25) is 0 Å². The van der Waals surface area contributed by atoms with E-state index in [0.717, 1.165) is 12.1 Å². The molecule has 0 unspecified atom stereocenters. The molecular formula is C11H17N5+2. The van der Waals surface area contributed by atoms with Crippen LogP contribution in [0.15, 0.2) is 24.3 Å². The zero-order chi connectivity index (χ0) is 11.7. The van der Waals surface area contributed by atoms with Gasteiger partial charge in [0.2, 0.25) is 0 Å². The lowest BCUT2D eigenvalue weighted by atomic mass is 10.1. The number of guanidine groups is 2. The van der Waals surface area contributed by atoms with Crippen molar-refractivity contribution >= 4 is 17.6 Å². The van der Waals surface area contributed by atoms with Crippen molar-refractivity contribution < 1.29 is 9.57 Å². The van der Waals surface area contributed by atoms with Crippen LogP contribution in [-0.2, 0) is 6.42 Å². The Bertz CT molecular complexity index is 471. The lowest BCUT2D eigenvalue weighted by Gasteiger charge is -2.00. The van der Waals surface area contributed by atoms with Gasteiger partial charge in [0.25, 0.3) is 5.96 Å². The van der Waals surface area contributed by atoms with Gasteiger partial charge in [0.1, 0.15) is 6.04 Å². The van der Waals surface area contributed by atoms with Crippen molar-refractivity contribution in [2.24, 2.45) is 17.2 Å². The van der Waals surface area contributed by atoms with Crippen molar-refractivity contribution in [2.75, 3.05) is 0 Å². The van der Waals surface area contributed by atoms with Gasteiger partial charge in [0.05, 0.1) is 0 Å². The smallest absolute Gasteiger partial charge is 0.345 e. The van der Waals surface area contributed by atoms with Crippen LogP contribution in [0.1, 0.15) is 12.5 Å². The summed E-state index contributed by atoms with van der Waals surface area (Å²) in [6.45, 7) is 2.11. The second-order valence-electron chi connectivity index (χ2n) is 4.02. The maximum Gasteiger partial charge on any atom is 0.525 e. The van der Waals surface area contributed by atoms with Gasteiger partial charge in [-0.2, -0.15) is 0 Å². The van der Waals surface area contributed by atoms with E-state index in [9.17, 15) is 0 Å². The molecule has 5 nitrogen and oxygen atoms in total. The molecule has 5 heteroatoms. The third kappa shape index (κ3) is 1.71. The number of nitrogens with two attached hydrogens (primary N) is 3. The largest absolute Gasteiger partial charge is 0.525 e. The normalized spacial score (nSPS) is 21.4. The molecule has 1 atom stereocenters. The number of nitrogens with zero attached hydrogens (tertiary/aromatic N) is 1. The predicted octanol–water partition coefficient (Wildman–Crippen LogP) is -2.06. The number of rotatable bonds is 0. The quantitative estimate of drug-likeness (QED) is 0.230. The fraction of sp³-hybridized carbons (Fsp3) is 0.273. The highest BCUT2D eigenvalue weighted by Crippen LogP contribution is 2.29. The average molecular weight is 219 g/mol. The van der Waals surface area contributed by atoms with Crippen LogP contribution < -0.4 is 22.2 Å². The van der Waals surface area contributed by atoms with Crippen LogP contribution in [0.25, 0.3) is 0 Å². The van der Waals surface area contributed by atoms with E-state index in [-0.39, 0.29) is 5.96 Å². The third-order valence-electron chi connectivity index (χ3n) is 2.74. The van der Waals surface area contributed by atoms with Crippen LogP contribution in [-0.4, -0.2) is 22.5 Å². The number of fused-ring (bicyclic) bond motifs is 1. The molecule has 1 heterocycles. The standard InChI is InChI=1S/C11H15N5/c1-7-6-8-4-2-3-5-9(8)16(7)11(14)15-10(12)13/h2-5,7H,6H2,1H3,(H5,12,13,14,15)/p+2/t7-/m1/s1. The number of benzene rings is 1. The average Bonchev–Trinajstić information content (AvgIpc) is 2.52. The maximum absolute atomic E-state index is 5.94. The lowest BCUT2D eigenvalue weighted by molar-refractivity contribution is -0.528. The molecule has 7 N–H and O–H groups in total. The summed E-state index contributed by atoms with van der Waals surface area (Å²) in [5.74, 6) is 0.575. The van der Waals surface area contributed by atoms with Gasteiger partial charge >= 0.3 is 5.96 Å². The molecule has 0 bridgehead atoms. The highest BCUT2D eigenvalue weighted by atomic mass is 15.2. The van der Waals surface area contributed by atoms with Crippen molar-refractivity contribution in [1.82, 2.24) is 0 Å². The molecule has 0 saturated heterocycles. The summed E-state index contributed by atoms with van der Waals surface area (Å²) in [7, 11) is 0. The molecule has 1 aromatic rings. The zero-order valence-electron chi connectivity index (χ0n) is 9.27. The second kappa shape index (κ2) is 3.84. The van der Waals surface area contributed by atoms with Crippen molar-refractivity contribution in [3.05, 3.63) is 29.8 Å². The first kappa shape index (κ1) is 10.5. The van der Waals surface area contributed by atoms with E-state index < -0.39 is 0 Å². The summed E-state index contributed by atoms with van der Waals surface area (Å²) in [5.41, 5.74) is 19.1. The van der Waals surface area contributed by atoms with E-state index in [0.29, 0.717) is 12.0 Å². The monoisotopic (exact) mass is 219 g/mol.